The van der Waals surface area contributed by atoms with Crippen LogP contribution < -0.4 is 4.74 Å². The molecule has 4 rings (SSSR count). The Morgan fingerprint density at radius 3 is 2.72 bits per heavy atom. The number of phenolic OH excluding ortho intramolecular Hbond substituents is 1. The second-order valence-corrected chi connectivity index (χ2v) is 6.87. The van der Waals surface area contributed by atoms with Crippen LogP contribution in [-0.4, -0.2) is 21.2 Å². The van der Waals surface area contributed by atoms with Crippen molar-refractivity contribution in [2.75, 3.05) is 0 Å². The van der Waals surface area contributed by atoms with E-state index in [9.17, 15) is 15.0 Å². The number of aromatic nitrogens is 1. The summed E-state index contributed by atoms with van der Waals surface area (Å²) in [5.74, 6) is 0.466. The van der Waals surface area contributed by atoms with E-state index in [-0.39, 0.29) is 5.75 Å². The minimum Gasteiger partial charge on any atom is -0.508 e. The highest BCUT2D eigenvalue weighted by molar-refractivity contribution is 7.19. The fourth-order valence-corrected chi connectivity index (χ4v) is 3.94. The number of rotatable bonds is 3. The van der Waals surface area contributed by atoms with Gasteiger partial charge in [0.2, 0.25) is 0 Å². The van der Waals surface area contributed by atoms with Crippen molar-refractivity contribution in [3.8, 4) is 17.2 Å². The smallest absolute Gasteiger partial charge is 0.337 e. The summed E-state index contributed by atoms with van der Waals surface area (Å²) in [7, 11) is 0. The van der Waals surface area contributed by atoms with Crippen molar-refractivity contribution in [1.29, 1.82) is 0 Å². The molecule has 0 aliphatic carbocycles. The fourth-order valence-electron chi connectivity index (χ4n) is 2.85. The van der Waals surface area contributed by atoms with E-state index >= 15 is 0 Å². The summed E-state index contributed by atoms with van der Waals surface area (Å²) in [6, 6.07) is 12.0. The predicted octanol–water partition coefficient (Wildman–Crippen LogP) is 4.95. The molecule has 0 amide bonds. The van der Waals surface area contributed by atoms with Crippen LogP contribution in [-0.2, 0) is 0 Å². The van der Waals surface area contributed by atoms with Crippen LogP contribution in [0.15, 0.2) is 48.7 Å². The topological polar surface area (TPSA) is 79.7 Å². The van der Waals surface area contributed by atoms with Crippen LogP contribution in [0.2, 0.25) is 0 Å². The van der Waals surface area contributed by atoms with Crippen LogP contribution in [0.1, 0.15) is 15.2 Å². The summed E-state index contributed by atoms with van der Waals surface area (Å²) in [4.78, 5) is 16.4. The van der Waals surface area contributed by atoms with Gasteiger partial charge in [-0.25, -0.2) is 4.79 Å². The molecular weight excluding hydrogens is 338 g/mol. The van der Waals surface area contributed by atoms with E-state index in [1.54, 1.807) is 49.5 Å². The van der Waals surface area contributed by atoms with Crippen LogP contribution in [0.3, 0.4) is 0 Å². The number of aromatic hydroxyl groups is 1. The van der Waals surface area contributed by atoms with Crippen molar-refractivity contribution in [3.05, 3.63) is 59.1 Å². The maximum absolute atomic E-state index is 11.4. The van der Waals surface area contributed by atoms with Gasteiger partial charge in [0.25, 0.3) is 0 Å². The highest BCUT2D eigenvalue weighted by Gasteiger charge is 2.16. The third-order valence-electron chi connectivity index (χ3n) is 3.97. The summed E-state index contributed by atoms with van der Waals surface area (Å²) < 4.78 is 6.85. The van der Waals surface area contributed by atoms with Gasteiger partial charge in [-0.05, 0) is 43.3 Å². The Bertz CT molecular complexity index is 1130. The molecule has 0 spiro atoms. The van der Waals surface area contributed by atoms with Crippen molar-refractivity contribution in [1.82, 2.24) is 4.98 Å². The van der Waals surface area contributed by atoms with Crippen LogP contribution >= 0.6 is 11.3 Å². The molecule has 0 fully saturated rings. The normalized spacial score (nSPS) is 11.1. The number of carbonyl (C=O) groups is 1. The van der Waals surface area contributed by atoms with Gasteiger partial charge in [-0.3, -0.25) is 4.98 Å². The van der Waals surface area contributed by atoms with Crippen molar-refractivity contribution < 1.29 is 19.7 Å². The molecule has 2 heterocycles. The molecule has 0 saturated carbocycles. The molecule has 0 atom stereocenters. The van der Waals surface area contributed by atoms with Gasteiger partial charge in [-0.15, -0.1) is 11.3 Å². The Morgan fingerprint density at radius 2 is 1.92 bits per heavy atom. The van der Waals surface area contributed by atoms with E-state index in [4.69, 9.17) is 4.74 Å². The molecule has 0 aliphatic heterocycles. The van der Waals surface area contributed by atoms with Gasteiger partial charge in [-0.2, -0.15) is 0 Å². The van der Waals surface area contributed by atoms with E-state index < -0.39 is 5.97 Å². The average molecular weight is 351 g/mol. The Kier molecular flexibility index (Phi) is 3.54. The Hall–Kier alpha value is -3.12. The number of hydrogen-bond donors (Lipinski definition) is 2. The maximum Gasteiger partial charge on any atom is 0.337 e. The number of fused-ring (bicyclic) bond motifs is 2. The molecule has 4 aromatic rings. The molecule has 0 unspecified atom stereocenters. The van der Waals surface area contributed by atoms with Gasteiger partial charge < -0.3 is 14.9 Å². The molecule has 2 aromatic carbocycles. The monoisotopic (exact) mass is 351 g/mol. The average Bonchev–Trinajstić information content (AvgIpc) is 2.90. The lowest BCUT2D eigenvalue weighted by atomic mass is 10.1. The first-order valence-electron chi connectivity index (χ1n) is 7.55. The summed E-state index contributed by atoms with van der Waals surface area (Å²) in [5, 5.41) is 20.4. The zero-order valence-electron chi connectivity index (χ0n) is 13.2. The molecule has 2 N–H and O–H groups in total. The fraction of sp³-hybridized carbons (Fsp3) is 0.0526. The molecule has 0 aliphatic rings. The third kappa shape index (κ3) is 2.66. The molecule has 124 valence electrons. The molecule has 0 saturated heterocycles. The van der Waals surface area contributed by atoms with Gasteiger partial charge in [0, 0.05) is 32.6 Å². The van der Waals surface area contributed by atoms with Crippen molar-refractivity contribution in [2.45, 2.75) is 6.92 Å². The lowest BCUT2D eigenvalue weighted by Gasteiger charge is -2.09. The number of aryl methyl sites for hydroxylation is 1. The van der Waals surface area contributed by atoms with Crippen LogP contribution in [0.5, 0.6) is 17.2 Å². The molecule has 0 radical (unpaired) electrons. The van der Waals surface area contributed by atoms with E-state index in [0.29, 0.717) is 28.0 Å². The molecule has 2 aromatic heterocycles. The first-order valence-corrected chi connectivity index (χ1v) is 8.36. The second kappa shape index (κ2) is 5.75. The zero-order valence-corrected chi connectivity index (χ0v) is 14.0. The minimum absolute atomic E-state index is 0.147. The number of nitrogens with zero attached hydrogens (tertiary/aromatic N) is 1. The number of phenols is 1. The van der Waals surface area contributed by atoms with Gasteiger partial charge in [0.05, 0.1) is 11.1 Å². The van der Waals surface area contributed by atoms with Crippen molar-refractivity contribution >= 4 is 38.3 Å². The number of hydrogen-bond acceptors (Lipinski definition) is 5. The third-order valence-corrected chi connectivity index (χ3v) is 5.03. The largest absolute Gasteiger partial charge is 0.508 e. The Labute approximate surface area is 146 Å². The van der Waals surface area contributed by atoms with Crippen LogP contribution in [0, 0.1) is 6.92 Å². The lowest BCUT2D eigenvalue weighted by Crippen LogP contribution is -1.96. The number of benzene rings is 2. The molecule has 0 bridgehead atoms. The first-order chi connectivity index (χ1) is 12.0. The number of ether oxygens (including phenoxy) is 1. The van der Waals surface area contributed by atoms with E-state index in [1.165, 1.54) is 11.3 Å². The van der Waals surface area contributed by atoms with Crippen LogP contribution in [0.25, 0.3) is 21.0 Å². The maximum atomic E-state index is 11.4. The zero-order chi connectivity index (χ0) is 17.6. The van der Waals surface area contributed by atoms with E-state index in [0.717, 1.165) is 15.0 Å². The van der Waals surface area contributed by atoms with Gasteiger partial charge in [0.15, 0.2) is 0 Å². The molecule has 25 heavy (non-hydrogen) atoms. The summed E-state index contributed by atoms with van der Waals surface area (Å²) in [5.41, 5.74) is 0.982. The number of pyridine rings is 1. The molecule has 5 nitrogen and oxygen atoms in total. The van der Waals surface area contributed by atoms with Crippen molar-refractivity contribution in [3.63, 3.8) is 0 Å². The standard InChI is InChI=1S/C19H13NO4S/c1-10-18(19(22)23)14-5-3-12(9-17(14)25-10)24-16-6-7-20-15-8-11(21)2-4-13(15)16/h2-9,21H,1H3,(H,22,23). The molecule has 6 heteroatoms. The van der Waals surface area contributed by atoms with Gasteiger partial charge >= 0.3 is 5.97 Å². The Balaban J connectivity index is 1.78. The summed E-state index contributed by atoms with van der Waals surface area (Å²) in [6.07, 6.45) is 1.62. The number of carboxylic acids is 1. The van der Waals surface area contributed by atoms with E-state index in [2.05, 4.69) is 4.98 Å². The quantitative estimate of drug-likeness (QED) is 0.546. The highest BCUT2D eigenvalue weighted by Crippen LogP contribution is 2.36. The number of carboxylic acid groups (broad SMARTS) is 1. The Morgan fingerprint density at radius 1 is 1.12 bits per heavy atom. The first kappa shape index (κ1) is 15.4. The summed E-state index contributed by atoms with van der Waals surface area (Å²) in [6.45, 7) is 1.80. The number of thiophene rings is 1. The van der Waals surface area contributed by atoms with Crippen LogP contribution in [0.4, 0.5) is 0 Å². The summed E-state index contributed by atoms with van der Waals surface area (Å²) >= 11 is 1.43. The SMILES string of the molecule is Cc1sc2cc(Oc3ccnc4cc(O)ccc34)ccc2c1C(=O)O. The highest BCUT2D eigenvalue weighted by atomic mass is 32.1. The predicted molar refractivity (Wildman–Crippen MR) is 97.0 cm³/mol. The van der Waals surface area contributed by atoms with E-state index in [1.807, 2.05) is 6.07 Å². The minimum atomic E-state index is -0.919. The van der Waals surface area contributed by atoms with Crippen molar-refractivity contribution in [2.24, 2.45) is 0 Å². The molecular formula is C19H13NO4S. The number of aromatic carboxylic acids is 1. The lowest BCUT2D eigenvalue weighted by molar-refractivity contribution is 0.0699. The second-order valence-electron chi connectivity index (χ2n) is 5.61. The van der Waals surface area contributed by atoms with Gasteiger partial charge in [-0.1, -0.05) is 0 Å². The van der Waals surface area contributed by atoms with Gasteiger partial charge in [0.1, 0.15) is 17.2 Å².